The van der Waals surface area contributed by atoms with Crippen molar-refractivity contribution in [2.24, 2.45) is 0 Å². The van der Waals surface area contributed by atoms with Crippen LogP contribution in [0.2, 0.25) is 0 Å². The van der Waals surface area contributed by atoms with Gasteiger partial charge in [-0.15, -0.1) is 5.10 Å². The molecule has 2 rings (SSSR count). The van der Waals surface area contributed by atoms with Crippen molar-refractivity contribution >= 4 is 0 Å². The first kappa shape index (κ1) is 15.4. The van der Waals surface area contributed by atoms with E-state index in [1.54, 1.807) is 24.1 Å². The number of rotatable bonds is 7. The summed E-state index contributed by atoms with van der Waals surface area (Å²) in [5.74, 6) is 0.341. The zero-order chi connectivity index (χ0) is 15.2. The van der Waals surface area contributed by atoms with E-state index in [0.717, 1.165) is 11.3 Å². The van der Waals surface area contributed by atoms with Crippen molar-refractivity contribution in [2.75, 3.05) is 13.7 Å². The summed E-state index contributed by atoms with van der Waals surface area (Å²) in [6, 6.07) is 4.34. The number of hydrogen-bond donors (Lipinski definition) is 2. The molecular weight excluding hydrogens is 275 g/mol. The quantitative estimate of drug-likeness (QED) is 0.804. The second kappa shape index (κ2) is 7.14. The SMILES string of the molecule is COc1ccc(F)cc1C(C)NCc1cn(CCO)nn1. The Kier molecular flexibility index (Phi) is 5.24. The Morgan fingerprint density at radius 2 is 2.29 bits per heavy atom. The van der Waals surface area contributed by atoms with Crippen molar-refractivity contribution in [2.45, 2.75) is 26.1 Å². The van der Waals surface area contributed by atoms with Gasteiger partial charge in [0, 0.05) is 24.3 Å². The van der Waals surface area contributed by atoms with E-state index < -0.39 is 0 Å². The van der Waals surface area contributed by atoms with Crippen LogP contribution in [0.25, 0.3) is 0 Å². The normalized spacial score (nSPS) is 12.4. The van der Waals surface area contributed by atoms with E-state index >= 15 is 0 Å². The molecule has 0 fully saturated rings. The first-order chi connectivity index (χ1) is 10.1. The molecule has 0 radical (unpaired) electrons. The summed E-state index contributed by atoms with van der Waals surface area (Å²) in [4.78, 5) is 0. The standard InChI is InChI=1S/C14H19FN4O2/c1-10(13-7-11(15)3-4-14(13)21-2)16-8-12-9-19(5-6-20)18-17-12/h3-4,7,9-10,16,20H,5-6,8H2,1-2H3. The van der Waals surface area contributed by atoms with Gasteiger partial charge in [0.2, 0.25) is 0 Å². The van der Waals surface area contributed by atoms with Gasteiger partial charge in [-0.3, -0.25) is 0 Å². The van der Waals surface area contributed by atoms with Crippen LogP contribution >= 0.6 is 0 Å². The maximum absolute atomic E-state index is 13.4. The Labute approximate surface area is 122 Å². The Morgan fingerprint density at radius 3 is 3.00 bits per heavy atom. The second-order valence-corrected chi connectivity index (χ2v) is 4.69. The lowest BCUT2D eigenvalue weighted by Gasteiger charge is -2.16. The second-order valence-electron chi connectivity index (χ2n) is 4.69. The summed E-state index contributed by atoms with van der Waals surface area (Å²) in [5.41, 5.74) is 1.51. The third kappa shape index (κ3) is 3.99. The van der Waals surface area contributed by atoms with Gasteiger partial charge in [0.25, 0.3) is 0 Å². The summed E-state index contributed by atoms with van der Waals surface area (Å²) in [7, 11) is 1.56. The molecule has 21 heavy (non-hydrogen) atoms. The first-order valence-corrected chi connectivity index (χ1v) is 6.70. The van der Waals surface area contributed by atoms with Gasteiger partial charge in [-0.1, -0.05) is 5.21 Å². The maximum Gasteiger partial charge on any atom is 0.123 e. The average molecular weight is 294 g/mol. The highest BCUT2D eigenvalue weighted by Crippen LogP contribution is 2.25. The zero-order valence-corrected chi connectivity index (χ0v) is 12.1. The van der Waals surface area contributed by atoms with Gasteiger partial charge in [-0.2, -0.15) is 0 Å². The van der Waals surface area contributed by atoms with Crippen LogP contribution in [0.4, 0.5) is 4.39 Å². The van der Waals surface area contributed by atoms with Crippen LogP contribution < -0.4 is 10.1 Å². The van der Waals surface area contributed by atoms with Gasteiger partial charge in [-0.05, 0) is 25.1 Å². The molecule has 0 spiro atoms. The highest BCUT2D eigenvalue weighted by atomic mass is 19.1. The molecule has 0 amide bonds. The lowest BCUT2D eigenvalue weighted by Crippen LogP contribution is -2.19. The highest BCUT2D eigenvalue weighted by Gasteiger charge is 2.13. The molecule has 0 aliphatic carbocycles. The highest BCUT2D eigenvalue weighted by molar-refractivity contribution is 5.36. The van der Waals surface area contributed by atoms with Crippen LogP contribution in [0.3, 0.4) is 0 Å². The van der Waals surface area contributed by atoms with Crippen molar-refractivity contribution < 1.29 is 14.2 Å². The molecule has 0 aliphatic heterocycles. The number of aromatic nitrogens is 3. The van der Waals surface area contributed by atoms with Gasteiger partial charge in [0.1, 0.15) is 11.6 Å². The molecule has 1 heterocycles. The van der Waals surface area contributed by atoms with Crippen molar-refractivity contribution in [1.29, 1.82) is 0 Å². The average Bonchev–Trinajstić information content (AvgIpc) is 2.93. The molecule has 1 unspecified atom stereocenters. The molecule has 0 bridgehead atoms. The molecule has 7 heteroatoms. The van der Waals surface area contributed by atoms with E-state index in [0.29, 0.717) is 18.8 Å². The molecule has 0 saturated heterocycles. The topological polar surface area (TPSA) is 72.2 Å². The number of hydrogen-bond acceptors (Lipinski definition) is 5. The van der Waals surface area contributed by atoms with Crippen molar-refractivity contribution in [3.8, 4) is 5.75 Å². The Balaban J connectivity index is 2.00. The minimum atomic E-state index is -0.298. The summed E-state index contributed by atoms with van der Waals surface area (Å²) in [5, 5.41) is 20.0. The maximum atomic E-state index is 13.4. The minimum absolute atomic E-state index is 0.0210. The fourth-order valence-corrected chi connectivity index (χ4v) is 2.04. The third-order valence-electron chi connectivity index (χ3n) is 3.16. The van der Waals surface area contributed by atoms with E-state index in [4.69, 9.17) is 9.84 Å². The van der Waals surface area contributed by atoms with Gasteiger partial charge < -0.3 is 15.2 Å². The fourth-order valence-electron chi connectivity index (χ4n) is 2.04. The summed E-state index contributed by atoms with van der Waals surface area (Å²) < 4.78 is 20.2. The fraction of sp³-hybridized carbons (Fsp3) is 0.429. The number of ether oxygens (including phenoxy) is 1. The Hall–Kier alpha value is -1.99. The molecule has 1 aromatic carbocycles. The number of nitrogens with zero attached hydrogens (tertiary/aromatic N) is 3. The van der Waals surface area contributed by atoms with Crippen LogP contribution in [0.1, 0.15) is 24.2 Å². The largest absolute Gasteiger partial charge is 0.496 e. The summed E-state index contributed by atoms with van der Waals surface area (Å²) in [6.07, 6.45) is 1.76. The Morgan fingerprint density at radius 1 is 1.48 bits per heavy atom. The third-order valence-corrected chi connectivity index (χ3v) is 3.16. The minimum Gasteiger partial charge on any atom is -0.496 e. The molecule has 6 nitrogen and oxygen atoms in total. The number of benzene rings is 1. The van der Waals surface area contributed by atoms with E-state index in [2.05, 4.69) is 15.6 Å². The van der Waals surface area contributed by atoms with Crippen LogP contribution in [0.15, 0.2) is 24.4 Å². The molecule has 0 saturated carbocycles. The van der Waals surface area contributed by atoms with E-state index in [1.165, 1.54) is 12.1 Å². The lowest BCUT2D eigenvalue weighted by atomic mass is 10.1. The molecule has 2 aromatic rings. The van der Waals surface area contributed by atoms with Crippen LogP contribution in [-0.4, -0.2) is 33.8 Å². The van der Waals surface area contributed by atoms with Crippen LogP contribution in [-0.2, 0) is 13.1 Å². The summed E-state index contributed by atoms with van der Waals surface area (Å²) >= 11 is 0. The van der Waals surface area contributed by atoms with Gasteiger partial charge >= 0.3 is 0 Å². The lowest BCUT2D eigenvalue weighted by molar-refractivity contribution is 0.268. The first-order valence-electron chi connectivity index (χ1n) is 6.70. The number of aliphatic hydroxyl groups excluding tert-OH is 1. The van der Waals surface area contributed by atoms with Crippen molar-refractivity contribution in [3.05, 3.63) is 41.5 Å². The van der Waals surface area contributed by atoms with E-state index in [9.17, 15) is 4.39 Å². The number of methoxy groups -OCH3 is 1. The van der Waals surface area contributed by atoms with Crippen molar-refractivity contribution in [3.63, 3.8) is 0 Å². The van der Waals surface area contributed by atoms with Crippen LogP contribution in [0.5, 0.6) is 5.75 Å². The zero-order valence-electron chi connectivity index (χ0n) is 12.1. The molecule has 0 aliphatic rings. The molecule has 1 aromatic heterocycles. The van der Waals surface area contributed by atoms with E-state index in [-0.39, 0.29) is 18.5 Å². The Bertz CT molecular complexity index is 588. The molecular formula is C14H19FN4O2. The van der Waals surface area contributed by atoms with Crippen molar-refractivity contribution in [1.82, 2.24) is 20.3 Å². The van der Waals surface area contributed by atoms with Gasteiger partial charge in [0.05, 0.1) is 26.0 Å². The monoisotopic (exact) mass is 294 g/mol. The number of halogens is 1. The number of aliphatic hydroxyl groups is 1. The van der Waals surface area contributed by atoms with Gasteiger partial charge in [-0.25, -0.2) is 9.07 Å². The molecule has 1 atom stereocenters. The van der Waals surface area contributed by atoms with E-state index in [1.807, 2.05) is 6.92 Å². The summed E-state index contributed by atoms with van der Waals surface area (Å²) in [6.45, 7) is 2.86. The number of nitrogens with one attached hydrogen (secondary N) is 1. The molecule has 2 N–H and O–H groups in total. The molecule has 114 valence electrons. The van der Waals surface area contributed by atoms with Gasteiger partial charge in [0.15, 0.2) is 0 Å². The predicted molar refractivity (Wildman–Crippen MR) is 75.3 cm³/mol. The predicted octanol–water partition coefficient (Wildman–Crippen LogP) is 1.27. The van der Waals surface area contributed by atoms with Crippen LogP contribution in [0, 0.1) is 5.82 Å². The smallest absolute Gasteiger partial charge is 0.123 e.